The molecule has 0 radical (unpaired) electrons. The zero-order chi connectivity index (χ0) is 17.9. The zero-order valence-corrected chi connectivity index (χ0v) is 15.3. The fraction of sp³-hybridized carbons (Fsp3) is 0.188. The Labute approximate surface area is 150 Å². The third kappa shape index (κ3) is 4.08. The standard InChI is InChI=1S/C16H15Cl2NO4S/c1-19(10-11-3-5-12(6-4-11)16(20)23-2)24(21,22)15-9-13(17)7-8-14(15)18/h3-9H,10H2,1-2H3. The van der Waals surface area contributed by atoms with Crippen molar-refractivity contribution in [3.63, 3.8) is 0 Å². The number of hydrogen-bond acceptors (Lipinski definition) is 4. The fourth-order valence-electron chi connectivity index (χ4n) is 2.05. The number of rotatable bonds is 5. The van der Waals surface area contributed by atoms with Crippen molar-refractivity contribution in [3.8, 4) is 0 Å². The van der Waals surface area contributed by atoms with Crippen LogP contribution in [-0.4, -0.2) is 32.8 Å². The molecule has 2 aromatic carbocycles. The summed E-state index contributed by atoms with van der Waals surface area (Å²) < 4.78 is 31.1. The molecule has 0 amide bonds. The van der Waals surface area contributed by atoms with E-state index in [1.165, 1.54) is 32.4 Å². The van der Waals surface area contributed by atoms with Crippen LogP contribution in [0, 0.1) is 0 Å². The molecular weight excluding hydrogens is 373 g/mol. The molecule has 0 aliphatic heterocycles. The number of esters is 1. The quantitative estimate of drug-likeness (QED) is 0.735. The van der Waals surface area contributed by atoms with Crippen molar-refractivity contribution in [3.05, 3.63) is 63.6 Å². The molecule has 24 heavy (non-hydrogen) atoms. The molecule has 128 valence electrons. The number of nitrogens with zero attached hydrogens (tertiary/aromatic N) is 1. The maximum Gasteiger partial charge on any atom is 0.337 e. The third-order valence-electron chi connectivity index (χ3n) is 3.36. The molecule has 2 rings (SSSR count). The first-order valence-electron chi connectivity index (χ1n) is 6.84. The van der Waals surface area contributed by atoms with Gasteiger partial charge < -0.3 is 4.74 Å². The molecule has 5 nitrogen and oxygen atoms in total. The topological polar surface area (TPSA) is 63.7 Å². The Morgan fingerprint density at radius 2 is 1.75 bits per heavy atom. The van der Waals surface area contributed by atoms with Gasteiger partial charge in [-0.15, -0.1) is 0 Å². The van der Waals surface area contributed by atoms with Gasteiger partial charge in [-0.3, -0.25) is 0 Å². The van der Waals surface area contributed by atoms with Crippen molar-refractivity contribution in [2.45, 2.75) is 11.4 Å². The van der Waals surface area contributed by atoms with Gasteiger partial charge in [-0.25, -0.2) is 13.2 Å². The van der Waals surface area contributed by atoms with Gasteiger partial charge in [-0.05, 0) is 35.9 Å². The Balaban J connectivity index is 2.23. The highest BCUT2D eigenvalue weighted by molar-refractivity contribution is 7.89. The summed E-state index contributed by atoms with van der Waals surface area (Å²) in [5.74, 6) is -0.451. The van der Waals surface area contributed by atoms with Crippen LogP contribution in [0.15, 0.2) is 47.4 Å². The van der Waals surface area contributed by atoms with Gasteiger partial charge in [0.15, 0.2) is 0 Å². The Bertz CT molecular complexity index is 851. The minimum atomic E-state index is -3.80. The van der Waals surface area contributed by atoms with E-state index in [1.807, 2.05) is 0 Å². The van der Waals surface area contributed by atoms with Crippen molar-refractivity contribution in [2.75, 3.05) is 14.2 Å². The number of carbonyl (C=O) groups excluding carboxylic acids is 1. The van der Waals surface area contributed by atoms with Crippen LogP contribution in [-0.2, 0) is 21.3 Å². The van der Waals surface area contributed by atoms with Crippen molar-refractivity contribution < 1.29 is 17.9 Å². The summed E-state index contributed by atoms with van der Waals surface area (Å²) in [7, 11) is -1.05. The molecule has 0 heterocycles. The number of sulfonamides is 1. The van der Waals surface area contributed by atoms with E-state index in [-0.39, 0.29) is 21.5 Å². The summed E-state index contributed by atoms with van der Waals surface area (Å²) in [6.45, 7) is 0.118. The Kier molecular flexibility index (Phi) is 5.87. The molecule has 0 saturated carbocycles. The summed E-state index contributed by atoms with van der Waals surface area (Å²) in [4.78, 5) is 11.4. The van der Waals surface area contributed by atoms with Crippen LogP contribution in [0.2, 0.25) is 10.0 Å². The van der Waals surface area contributed by atoms with Crippen molar-refractivity contribution >= 4 is 39.2 Å². The van der Waals surface area contributed by atoms with Gasteiger partial charge in [-0.1, -0.05) is 35.3 Å². The Morgan fingerprint density at radius 1 is 1.12 bits per heavy atom. The molecule has 0 aliphatic carbocycles. The second-order valence-electron chi connectivity index (χ2n) is 5.02. The summed E-state index contributed by atoms with van der Waals surface area (Å²) in [6, 6.07) is 10.8. The molecule has 0 saturated heterocycles. The van der Waals surface area contributed by atoms with Crippen LogP contribution >= 0.6 is 23.2 Å². The van der Waals surface area contributed by atoms with Crippen LogP contribution < -0.4 is 0 Å². The highest BCUT2D eigenvalue weighted by Crippen LogP contribution is 2.27. The van der Waals surface area contributed by atoms with Crippen LogP contribution in [0.5, 0.6) is 0 Å². The average Bonchev–Trinajstić information content (AvgIpc) is 2.56. The van der Waals surface area contributed by atoms with Crippen molar-refractivity contribution in [2.24, 2.45) is 0 Å². The molecular formula is C16H15Cl2NO4S. The predicted molar refractivity (Wildman–Crippen MR) is 92.9 cm³/mol. The van der Waals surface area contributed by atoms with Gasteiger partial charge in [0.1, 0.15) is 4.90 Å². The second kappa shape index (κ2) is 7.53. The lowest BCUT2D eigenvalue weighted by molar-refractivity contribution is 0.0600. The molecule has 0 atom stereocenters. The Morgan fingerprint density at radius 3 is 2.33 bits per heavy atom. The number of halogens is 2. The lowest BCUT2D eigenvalue weighted by Gasteiger charge is -2.18. The fourth-order valence-corrected chi connectivity index (χ4v) is 3.94. The molecule has 0 aromatic heterocycles. The van der Waals surface area contributed by atoms with Gasteiger partial charge in [-0.2, -0.15) is 4.31 Å². The van der Waals surface area contributed by atoms with Gasteiger partial charge in [0.05, 0.1) is 17.7 Å². The monoisotopic (exact) mass is 387 g/mol. The van der Waals surface area contributed by atoms with Gasteiger partial charge in [0.25, 0.3) is 0 Å². The van der Waals surface area contributed by atoms with Gasteiger partial charge in [0.2, 0.25) is 10.0 Å². The largest absolute Gasteiger partial charge is 0.465 e. The summed E-state index contributed by atoms with van der Waals surface area (Å²) in [5, 5.41) is 0.390. The van der Waals surface area contributed by atoms with Crippen molar-refractivity contribution in [1.29, 1.82) is 0 Å². The number of carbonyl (C=O) groups is 1. The summed E-state index contributed by atoms with van der Waals surface area (Å²) in [5.41, 5.74) is 1.11. The maximum absolute atomic E-state index is 12.6. The summed E-state index contributed by atoms with van der Waals surface area (Å²) >= 11 is 11.8. The zero-order valence-electron chi connectivity index (χ0n) is 13.0. The maximum atomic E-state index is 12.6. The molecule has 0 aliphatic rings. The number of methoxy groups -OCH3 is 1. The first-order valence-corrected chi connectivity index (χ1v) is 9.04. The highest BCUT2D eigenvalue weighted by atomic mass is 35.5. The minimum Gasteiger partial charge on any atom is -0.465 e. The minimum absolute atomic E-state index is 0.0506. The van der Waals surface area contributed by atoms with E-state index in [1.54, 1.807) is 24.3 Å². The normalized spacial score (nSPS) is 11.5. The number of benzene rings is 2. The molecule has 2 aromatic rings. The predicted octanol–water partition coefficient (Wildman–Crippen LogP) is 3.60. The number of hydrogen-bond donors (Lipinski definition) is 0. The first-order chi connectivity index (χ1) is 11.3. The van der Waals surface area contributed by atoms with E-state index in [0.717, 1.165) is 4.31 Å². The summed E-state index contributed by atoms with van der Waals surface area (Å²) in [6.07, 6.45) is 0. The first kappa shape index (κ1) is 18.7. The smallest absolute Gasteiger partial charge is 0.337 e. The molecule has 0 fully saturated rings. The van der Waals surface area contributed by atoms with E-state index < -0.39 is 16.0 Å². The average molecular weight is 388 g/mol. The molecule has 0 unspecified atom stereocenters. The van der Waals surface area contributed by atoms with Crippen LogP contribution in [0.1, 0.15) is 15.9 Å². The Hall–Kier alpha value is -1.60. The van der Waals surface area contributed by atoms with E-state index in [9.17, 15) is 13.2 Å². The van der Waals surface area contributed by atoms with Crippen LogP contribution in [0.4, 0.5) is 0 Å². The number of ether oxygens (including phenoxy) is 1. The second-order valence-corrected chi connectivity index (χ2v) is 7.88. The molecule has 0 spiro atoms. The van der Waals surface area contributed by atoms with E-state index in [2.05, 4.69) is 4.74 Å². The molecule has 0 bridgehead atoms. The molecule has 0 N–H and O–H groups in total. The molecule has 8 heteroatoms. The lowest BCUT2D eigenvalue weighted by Crippen LogP contribution is -2.26. The van der Waals surface area contributed by atoms with Gasteiger partial charge >= 0.3 is 5.97 Å². The third-order valence-corrected chi connectivity index (χ3v) is 5.88. The van der Waals surface area contributed by atoms with E-state index >= 15 is 0 Å². The lowest BCUT2D eigenvalue weighted by atomic mass is 10.1. The van der Waals surface area contributed by atoms with Crippen LogP contribution in [0.25, 0.3) is 0 Å². The van der Waals surface area contributed by atoms with Crippen LogP contribution in [0.3, 0.4) is 0 Å². The van der Waals surface area contributed by atoms with E-state index in [4.69, 9.17) is 23.2 Å². The van der Waals surface area contributed by atoms with Crippen molar-refractivity contribution in [1.82, 2.24) is 4.31 Å². The highest BCUT2D eigenvalue weighted by Gasteiger charge is 2.24. The van der Waals surface area contributed by atoms with E-state index in [0.29, 0.717) is 11.1 Å². The van der Waals surface area contributed by atoms with Gasteiger partial charge in [0, 0.05) is 18.6 Å². The SMILES string of the molecule is COC(=O)c1ccc(CN(C)S(=O)(=O)c2cc(Cl)ccc2Cl)cc1.